The molecule has 0 atom stereocenters. The zero-order valence-electron chi connectivity index (χ0n) is 6.89. The van der Waals surface area contributed by atoms with Gasteiger partial charge in [0.25, 0.3) is 0 Å². The average Bonchev–Trinajstić information content (AvgIpc) is 2.08. The first-order valence-electron chi connectivity index (χ1n) is 3.48. The quantitative estimate of drug-likeness (QED) is 0.788. The molecule has 0 spiro atoms. The van der Waals surface area contributed by atoms with Crippen molar-refractivity contribution in [1.82, 2.24) is 0 Å². The van der Waals surface area contributed by atoms with Crippen molar-refractivity contribution in [2.75, 3.05) is 6.54 Å². The summed E-state index contributed by atoms with van der Waals surface area (Å²) in [4.78, 5) is 0. The van der Waals surface area contributed by atoms with Crippen LogP contribution in [0, 0.1) is 11.6 Å². The molecule has 1 aromatic rings. The molecule has 0 amide bonds. The molecule has 0 aromatic heterocycles. The summed E-state index contributed by atoms with van der Waals surface area (Å²) in [5, 5.41) is 0. The molecule has 1 aromatic carbocycles. The van der Waals surface area contributed by atoms with Crippen LogP contribution in [0.4, 0.5) is 8.78 Å². The van der Waals surface area contributed by atoms with Crippen molar-refractivity contribution < 1.29 is 8.78 Å². The number of rotatable bonds is 2. The molecule has 0 heterocycles. The van der Waals surface area contributed by atoms with Gasteiger partial charge in [-0.1, -0.05) is 12.6 Å². The lowest BCUT2D eigenvalue weighted by molar-refractivity contribution is 0.508. The molecule has 0 saturated heterocycles. The molecule has 0 saturated carbocycles. The fraction of sp³-hybridized carbons (Fsp3) is 0.111. The van der Waals surface area contributed by atoms with Crippen molar-refractivity contribution >= 4 is 18.0 Å². The molecule has 72 valence electrons. The van der Waals surface area contributed by atoms with Gasteiger partial charge in [-0.05, 0) is 23.3 Å². The SMILES string of the molecule is C=C(CN)c1ccc(F)c(F)c1.Cl. The van der Waals surface area contributed by atoms with Gasteiger partial charge in [-0.3, -0.25) is 0 Å². The molecule has 0 unspecified atom stereocenters. The summed E-state index contributed by atoms with van der Waals surface area (Å²) >= 11 is 0. The minimum absolute atomic E-state index is 0. The third kappa shape index (κ3) is 2.79. The Hall–Kier alpha value is -0.930. The Morgan fingerprint density at radius 2 is 1.92 bits per heavy atom. The minimum atomic E-state index is -0.873. The number of benzene rings is 1. The second-order valence-corrected chi connectivity index (χ2v) is 2.44. The zero-order valence-corrected chi connectivity index (χ0v) is 7.70. The van der Waals surface area contributed by atoms with Gasteiger partial charge < -0.3 is 5.73 Å². The number of hydrogen-bond acceptors (Lipinski definition) is 1. The zero-order chi connectivity index (χ0) is 9.14. The van der Waals surface area contributed by atoms with Crippen LogP contribution in [0.3, 0.4) is 0 Å². The minimum Gasteiger partial charge on any atom is -0.326 e. The highest BCUT2D eigenvalue weighted by atomic mass is 35.5. The van der Waals surface area contributed by atoms with E-state index in [1.54, 1.807) is 0 Å². The summed E-state index contributed by atoms with van der Waals surface area (Å²) in [6.45, 7) is 3.84. The van der Waals surface area contributed by atoms with Crippen molar-refractivity contribution in [2.24, 2.45) is 5.73 Å². The van der Waals surface area contributed by atoms with Crippen molar-refractivity contribution in [3.05, 3.63) is 42.0 Å². The summed E-state index contributed by atoms with van der Waals surface area (Å²) in [5.74, 6) is -1.73. The first kappa shape index (κ1) is 12.1. The van der Waals surface area contributed by atoms with Gasteiger partial charge in [0.15, 0.2) is 11.6 Å². The maximum absolute atomic E-state index is 12.6. The largest absolute Gasteiger partial charge is 0.326 e. The maximum atomic E-state index is 12.6. The van der Waals surface area contributed by atoms with Crippen LogP contribution >= 0.6 is 12.4 Å². The molecule has 0 aliphatic carbocycles. The van der Waals surface area contributed by atoms with Crippen LogP contribution in [-0.2, 0) is 0 Å². The third-order valence-electron chi connectivity index (χ3n) is 1.57. The molecule has 2 N–H and O–H groups in total. The molecule has 4 heteroatoms. The highest BCUT2D eigenvalue weighted by Crippen LogP contribution is 2.14. The van der Waals surface area contributed by atoms with Gasteiger partial charge in [0.2, 0.25) is 0 Å². The van der Waals surface area contributed by atoms with Crippen LogP contribution in [0.15, 0.2) is 24.8 Å². The molecule has 0 bridgehead atoms. The van der Waals surface area contributed by atoms with E-state index in [2.05, 4.69) is 6.58 Å². The number of hydrogen-bond donors (Lipinski definition) is 1. The van der Waals surface area contributed by atoms with Crippen molar-refractivity contribution in [1.29, 1.82) is 0 Å². The predicted molar refractivity (Wildman–Crippen MR) is 51.7 cm³/mol. The molecular weight excluding hydrogens is 196 g/mol. The number of nitrogens with two attached hydrogens (primary N) is 1. The highest BCUT2D eigenvalue weighted by Gasteiger charge is 2.03. The monoisotopic (exact) mass is 205 g/mol. The van der Waals surface area contributed by atoms with E-state index < -0.39 is 11.6 Å². The normalized spacial score (nSPS) is 9.15. The van der Waals surface area contributed by atoms with E-state index in [0.29, 0.717) is 11.1 Å². The van der Waals surface area contributed by atoms with Crippen LogP contribution in [0.2, 0.25) is 0 Å². The fourth-order valence-electron chi connectivity index (χ4n) is 0.834. The highest BCUT2D eigenvalue weighted by molar-refractivity contribution is 5.85. The molecule has 1 rings (SSSR count). The fourth-order valence-corrected chi connectivity index (χ4v) is 0.834. The number of halogens is 3. The molecule has 0 radical (unpaired) electrons. The summed E-state index contributed by atoms with van der Waals surface area (Å²) in [7, 11) is 0. The Morgan fingerprint density at radius 3 is 2.38 bits per heavy atom. The van der Waals surface area contributed by atoms with Crippen LogP contribution in [0.1, 0.15) is 5.56 Å². The van der Waals surface area contributed by atoms with E-state index in [0.717, 1.165) is 12.1 Å². The summed E-state index contributed by atoms with van der Waals surface area (Å²) in [6, 6.07) is 3.60. The van der Waals surface area contributed by atoms with Gasteiger partial charge in [-0.15, -0.1) is 12.4 Å². The average molecular weight is 206 g/mol. The topological polar surface area (TPSA) is 26.0 Å². The molecule has 0 aliphatic heterocycles. The van der Waals surface area contributed by atoms with Crippen molar-refractivity contribution in [3.8, 4) is 0 Å². The standard InChI is InChI=1S/C9H9F2N.ClH/c1-6(5-12)7-2-3-8(10)9(11)4-7;/h2-4H,1,5,12H2;1H. The Labute approximate surface area is 81.7 Å². The maximum Gasteiger partial charge on any atom is 0.159 e. The van der Waals surface area contributed by atoms with Crippen molar-refractivity contribution in [2.45, 2.75) is 0 Å². The van der Waals surface area contributed by atoms with E-state index in [-0.39, 0.29) is 19.0 Å². The second kappa shape index (κ2) is 4.94. The van der Waals surface area contributed by atoms with E-state index in [4.69, 9.17) is 5.73 Å². The summed E-state index contributed by atoms with van der Waals surface area (Å²) in [6.07, 6.45) is 0. The lowest BCUT2D eigenvalue weighted by atomic mass is 10.1. The van der Waals surface area contributed by atoms with Gasteiger partial charge >= 0.3 is 0 Å². The van der Waals surface area contributed by atoms with Crippen LogP contribution in [0.5, 0.6) is 0 Å². The lowest BCUT2D eigenvalue weighted by Crippen LogP contribution is -2.01. The molecule has 1 nitrogen and oxygen atoms in total. The first-order valence-corrected chi connectivity index (χ1v) is 3.48. The van der Waals surface area contributed by atoms with Gasteiger partial charge in [0, 0.05) is 6.54 Å². The molecule has 13 heavy (non-hydrogen) atoms. The van der Waals surface area contributed by atoms with Gasteiger partial charge in [0.1, 0.15) is 0 Å². The smallest absolute Gasteiger partial charge is 0.159 e. The molecular formula is C9H10ClF2N. The summed E-state index contributed by atoms with van der Waals surface area (Å²) < 4.78 is 25.0. The van der Waals surface area contributed by atoms with E-state index >= 15 is 0 Å². The Kier molecular flexibility index (Phi) is 4.59. The van der Waals surface area contributed by atoms with Crippen molar-refractivity contribution in [3.63, 3.8) is 0 Å². The lowest BCUT2D eigenvalue weighted by Gasteiger charge is -2.02. The molecule has 0 fully saturated rings. The van der Waals surface area contributed by atoms with Crippen LogP contribution < -0.4 is 5.73 Å². The Balaban J connectivity index is 0.00000144. The third-order valence-corrected chi connectivity index (χ3v) is 1.57. The van der Waals surface area contributed by atoms with Crippen LogP contribution in [0.25, 0.3) is 5.57 Å². The van der Waals surface area contributed by atoms with Gasteiger partial charge in [0.05, 0.1) is 0 Å². The van der Waals surface area contributed by atoms with E-state index in [9.17, 15) is 8.78 Å². The van der Waals surface area contributed by atoms with E-state index in [1.165, 1.54) is 6.07 Å². The molecule has 0 aliphatic rings. The van der Waals surface area contributed by atoms with E-state index in [1.807, 2.05) is 0 Å². The Morgan fingerprint density at radius 1 is 1.31 bits per heavy atom. The van der Waals surface area contributed by atoms with Gasteiger partial charge in [-0.2, -0.15) is 0 Å². The van der Waals surface area contributed by atoms with Crippen LogP contribution in [-0.4, -0.2) is 6.54 Å². The predicted octanol–water partition coefficient (Wildman–Crippen LogP) is 2.36. The summed E-state index contributed by atoms with van der Waals surface area (Å²) in [5.41, 5.74) is 6.41. The first-order chi connectivity index (χ1) is 5.65. The van der Waals surface area contributed by atoms with Gasteiger partial charge in [-0.25, -0.2) is 8.78 Å². The Bertz CT molecular complexity index is 312. The second-order valence-electron chi connectivity index (χ2n) is 2.44.